The van der Waals surface area contributed by atoms with Gasteiger partial charge >= 0.3 is 0 Å². The Morgan fingerprint density at radius 3 is 2.77 bits per heavy atom. The van der Waals surface area contributed by atoms with Crippen LogP contribution in [0.2, 0.25) is 0 Å². The molecule has 0 aliphatic carbocycles. The molecule has 8 heteroatoms. The molecule has 2 heterocycles. The van der Waals surface area contributed by atoms with Crippen LogP contribution >= 0.6 is 0 Å². The highest BCUT2D eigenvalue weighted by Crippen LogP contribution is 2.32. The van der Waals surface area contributed by atoms with E-state index >= 15 is 0 Å². The van der Waals surface area contributed by atoms with Gasteiger partial charge in [0.25, 0.3) is 5.91 Å². The maximum Gasteiger partial charge on any atom is 0.258 e. The molecule has 1 saturated heterocycles. The lowest BCUT2D eigenvalue weighted by atomic mass is 10.2. The van der Waals surface area contributed by atoms with Crippen molar-refractivity contribution >= 4 is 17.6 Å². The molecule has 4 rings (SSSR count). The molecule has 0 unspecified atom stereocenters. The molecule has 158 valence electrons. The van der Waals surface area contributed by atoms with E-state index in [2.05, 4.69) is 15.6 Å². The number of aliphatic imine (C=N–C) groups is 1. The van der Waals surface area contributed by atoms with Gasteiger partial charge in [0.2, 0.25) is 12.8 Å². The molecule has 2 aromatic rings. The summed E-state index contributed by atoms with van der Waals surface area (Å²) in [6.45, 7) is 3.93. The Kier molecular flexibility index (Phi) is 6.34. The fourth-order valence-electron chi connectivity index (χ4n) is 3.25. The summed E-state index contributed by atoms with van der Waals surface area (Å²) in [5.74, 6) is 2.03. The summed E-state index contributed by atoms with van der Waals surface area (Å²) in [6, 6.07) is 12.6. The number of nitrogens with one attached hydrogen (secondary N) is 2. The van der Waals surface area contributed by atoms with Crippen molar-refractivity contribution < 1.29 is 23.7 Å². The number of carbonyl (C=O) groups excluding carboxylic acids is 1. The predicted molar refractivity (Wildman–Crippen MR) is 113 cm³/mol. The molecule has 0 spiro atoms. The van der Waals surface area contributed by atoms with E-state index in [9.17, 15) is 4.79 Å². The van der Waals surface area contributed by atoms with Crippen LogP contribution in [0.15, 0.2) is 47.5 Å². The summed E-state index contributed by atoms with van der Waals surface area (Å²) in [5.41, 5.74) is 1.24. The van der Waals surface area contributed by atoms with Gasteiger partial charge in [-0.25, -0.2) is 4.99 Å². The zero-order valence-electron chi connectivity index (χ0n) is 16.8. The molecule has 1 atom stereocenters. The number of rotatable bonds is 6. The maximum absolute atomic E-state index is 12.8. The van der Waals surface area contributed by atoms with Gasteiger partial charge in [-0.05, 0) is 62.2 Å². The highest BCUT2D eigenvalue weighted by atomic mass is 16.7. The van der Waals surface area contributed by atoms with Crippen molar-refractivity contribution in [3.05, 3.63) is 48.0 Å². The molecule has 8 nitrogen and oxygen atoms in total. The third-order valence-corrected chi connectivity index (χ3v) is 4.77. The average Bonchev–Trinajstić information content (AvgIpc) is 3.45. The number of guanidine groups is 1. The van der Waals surface area contributed by atoms with Crippen molar-refractivity contribution in [2.24, 2.45) is 4.99 Å². The van der Waals surface area contributed by atoms with Gasteiger partial charge in [0.15, 0.2) is 11.5 Å². The van der Waals surface area contributed by atoms with Crippen molar-refractivity contribution in [1.29, 1.82) is 0 Å². The Hall–Kier alpha value is -3.26. The number of ether oxygens (including phenoxy) is 4. The summed E-state index contributed by atoms with van der Waals surface area (Å²) in [6.07, 6.45) is 2.08. The Balaban J connectivity index is 1.47. The van der Waals surface area contributed by atoms with Gasteiger partial charge in [-0.2, -0.15) is 0 Å². The second-order valence-electron chi connectivity index (χ2n) is 6.93. The molecule has 2 aromatic carbocycles. The number of hydrogen-bond donors (Lipinski definition) is 2. The van der Waals surface area contributed by atoms with E-state index in [4.69, 9.17) is 18.9 Å². The number of fused-ring (bicyclic) bond motifs is 1. The van der Waals surface area contributed by atoms with Crippen LogP contribution in [0.1, 0.15) is 30.1 Å². The number of carbonyl (C=O) groups is 1. The number of amides is 1. The predicted octanol–water partition coefficient (Wildman–Crippen LogP) is 3.19. The fraction of sp³-hybridized carbons (Fsp3) is 0.364. The minimum atomic E-state index is -0.294. The number of benzene rings is 2. The largest absolute Gasteiger partial charge is 0.494 e. The van der Waals surface area contributed by atoms with Crippen molar-refractivity contribution in [3.8, 4) is 17.2 Å². The molecule has 2 N–H and O–H groups in total. The van der Waals surface area contributed by atoms with Gasteiger partial charge in [-0.15, -0.1) is 0 Å². The van der Waals surface area contributed by atoms with E-state index in [0.717, 1.165) is 30.9 Å². The Bertz CT molecular complexity index is 907. The van der Waals surface area contributed by atoms with E-state index < -0.39 is 0 Å². The van der Waals surface area contributed by atoms with Gasteiger partial charge in [-0.3, -0.25) is 10.1 Å². The van der Waals surface area contributed by atoms with Crippen LogP contribution in [0.25, 0.3) is 0 Å². The highest BCUT2D eigenvalue weighted by molar-refractivity contribution is 6.10. The molecule has 1 amide bonds. The minimum absolute atomic E-state index is 0.0737. The molecular weight excluding hydrogens is 386 g/mol. The van der Waals surface area contributed by atoms with Crippen molar-refractivity contribution in [2.45, 2.75) is 25.9 Å². The minimum Gasteiger partial charge on any atom is -0.494 e. The standard InChI is InChI=1S/C22H25N3O5/c1-2-27-17-8-6-16(7-9-17)24-22(23-13-18-4-3-11-28-18)25-21(26)15-5-10-19-20(12-15)30-14-29-19/h5-10,12,18H,2-4,11,13-14H2,1H3,(H2,23,24,25,26)/t18-/m0/s1. The molecular formula is C22H25N3O5. The molecule has 1 fully saturated rings. The Morgan fingerprint density at radius 2 is 2.00 bits per heavy atom. The fourth-order valence-corrected chi connectivity index (χ4v) is 3.25. The average molecular weight is 411 g/mol. The summed E-state index contributed by atoms with van der Waals surface area (Å²) < 4.78 is 21.8. The summed E-state index contributed by atoms with van der Waals surface area (Å²) in [7, 11) is 0. The first-order chi connectivity index (χ1) is 14.7. The van der Waals surface area contributed by atoms with E-state index in [1.165, 1.54) is 0 Å². The molecule has 2 aliphatic heterocycles. The van der Waals surface area contributed by atoms with Gasteiger partial charge in [0.1, 0.15) is 5.75 Å². The quantitative estimate of drug-likeness (QED) is 0.561. The second kappa shape index (κ2) is 9.49. The van der Waals surface area contributed by atoms with Crippen LogP contribution in [0, 0.1) is 0 Å². The molecule has 0 saturated carbocycles. The van der Waals surface area contributed by atoms with Crippen LogP contribution in [0.5, 0.6) is 17.2 Å². The van der Waals surface area contributed by atoms with Crippen LogP contribution in [0.3, 0.4) is 0 Å². The number of hydrogen-bond acceptors (Lipinski definition) is 6. The van der Waals surface area contributed by atoms with Crippen LogP contribution in [0.4, 0.5) is 5.69 Å². The lowest BCUT2D eigenvalue weighted by molar-refractivity contribution is 0.0975. The summed E-state index contributed by atoms with van der Waals surface area (Å²) in [5, 5.41) is 6.03. The molecule has 0 bridgehead atoms. The Labute approximate surface area is 175 Å². The smallest absolute Gasteiger partial charge is 0.258 e. The van der Waals surface area contributed by atoms with E-state index in [1.807, 2.05) is 31.2 Å². The zero-order chi connectivity index (χ0) is 20.8. The molecule has 0 radical (unpaired) electrons. The molecule has 2 aliphatic rings. The maximum atomic E-state index is 12.8. The monoisotopic (exact) mass is 411 g/mol. The lowest BCUT2D eigenvalue weighted by Crippen LogP contribution is -2.36. The third-order valence-electron chi connectivity index (χ3n) is 4.77. The SMILES string of the molecule is CCOc1ccc(NC(=NC[C@@H]2CCCO2)NC(=O)c2ccc3c(c2)OCO3)cc1. The van der Waals surface area contributed by atoms with Gasteiger partial charge in [0, 0.05) is 17.9 Å². The van der Waals surface area contributed by atoms with E-state index in [1.54, 1.807) is 18.2 Å². The highest BCUT2D eigenvalue weighted by Gasteiger charge is 2.18. The van der Waals surface area contributed by atoms with Crippen LogP contribution in [-0.4, -0.2) is 44.5 Å². The normalized spacial score (nSPS) is 17.6. The van der Waals surface area contributed by atoms with E-state index in [-0.39, 0.29) is 18.8 Å². The lowest BCUT2D eigenvalue weighted by Gasteiger charge is -2.14. The number of anilines is 1. The first-order valence-electron chi connectivity index (χ1n) is 10.1. The summed E-state index contributed by atoms with van der Waals surface area (Å²) in [4.78, 5) is 17.4. The second-order valence-corrected chi connectivity index (χ2v) is 6.93. The first-order valence-corrected chi connectivity index (χ1v) is 10.1. The van der Waals surface area contributed by atoms with Crippen molar-refractivity contribution in [2.75, 3.05) is 31.9 Å². The number of nitrogens with zero attached hydrogens (tertiary/aromatic N) is 1. The topological polar surface area (TPSA) is 90.4 Å². The van der Waals surface area contributed by atoms with Crippen molar-refractivity contribution in [1.82, 2.24) is 5.32 Å². The van der Waals surface area contributed by atoms with Gasteiger partial charge in [0.05, 0.1) is 19.3 Å². The first kappa shape index (κ1) is 20.0. The van der Waals surface area contributed by atoms with E-state index in [0.29, 0.717) is 36.2 Å². The third kappa shape index (κ3) is 5.01. The van der Waals surface area contributed by atoms with Gasteiger partial charge in [-0.1, -0.05) is 0 Å². The molecule has 0 aromatic heterocycles. The van der Waals surface area contributed by atoms with Crippen LogP contribution < -0.4 is 24.8 Å². The molecule has 30 heavy (non-hydrogen) atoms. The van der Waals surface area contributed by atoms with Crippen LogP contribution in [-0.2, 0) is 4.74 Å². The van der Waals surface area contributed by atoms with Crippen molar-refractivity contribution in [3.63, 3.8) is 0 Å². The zero-order valence-corrected chi connectivity index (χ0v) is 16.8. The summed E-state index contributed by atoms with van der Waals surface area (Å²) >= 11 is 0. The van der Waals surface area contributed by atoms with Gasteiger partial charge < -0.3 is 24.3 Å². The Morgan fingerprint density at radius 1 is 1.17 bits per heavy atom.